The third-order valence-electron chi connectivity index (χ3n) is 6.08. The lowest BCUT2D eigenvalue weighted by molar-refractivity contribution is -0.0390. The van der Waals surface area contributed by atoms with E-state index in [4.69, 9.17) is 9.47 Å². The van der Waals surface area contributed by atoms with E-state index >= 15 is 0 Å². The van der Waals surface area contributed by atoms with E-state index in [0.29, 0.717) is 19.8 Å². The van der Waals surface area contributed by atoms with Crippen LogP contribution in [0.5, 0.6) is 0 Å². The van der Waals surface area contributed by atoms with Gasteiger partial charge in [0.1, 0.15) is 6.79 Å². The fourth-order valence-corrected chi connectivity index (χ4v) is 6.81. The highest BCUT2D eigenvalue weighted by Gasteiger charge is 2.33. The molecule has 3 nitrogen and oxygen atoms in total. The molecule has 3 rings (SSSR count). The van der Waals surface area contributed by atoms with Gasteiger partial charge in [0.05, 0.1) is 20.8 Å². The van der Waals surface area contributed by atoms with Crippen LogP contribution >= 0.6 is 0 Å². The minimum Gasteiger partial charge on any atom is -0.388 e. The smallest absolute Gasteiger partial charge is 0.146 e. The summed E-state index contributed by atoms with van der Waals surface area (Å²) in [5, 5.41) is 12.4. The second-order valence-electron chi connectivity index (χ2n) is 8.71. The highest BCUT2D eigenvalue weighted by atomic mass is 28.3. The summed E-state index contributed by atoms with van der Waals surface area (Å²) in [6.45, 7) is 5.63. The highest BCUT2D eigenvalue weighted by Crippen LogP contribution is 2.34. The van der Waals surface area contributed by atoms with E-state index in [1.165, 1.54) is 5.19 Å². The minimum atomic E-state index is -1.87. The van der Waals surface area contributed by atoms with Crippen molar-refractivity contribution in [3.63, 3.8) is 0 Å². The van der Waals surface area contributed by atoms with E-state index < -0.39 is 14.2 Å². The Balaban J connectivity index is 1.80. The number of benzene rings is 3. The first-order chi connectivity index (χ1) is 15.5. The normalized spacial score (nSPS) is 13.9. The predicted molar refractivity (Wildman–Crippen MR) is 135 cm³/mol. The Hall–Kier alpha value is -2.50. The van der Waals surface area contributed by atoms with Crippen molar-refractivity contribution in [1.29, 1.82) is 0 Å². The van der Waals surface area contributed by atoms with Crippen LogP contribution in [0.1, 0.15) is 29.2 Å². The first-order valence-corrected chi connectivity index (χ1v) is 14.2. The monoisotopic (exact) mass is 446 g/mol. The number of hydrogen-bond acceptors (Lipinski definition) is 3. The first kappa shape index (κ1) is 24.1. The van der Waals surface area contributed by atoms with Crippen molar-refractivity contribution in [2.75, 3.05) is 13.9 Å². The van der Waals surface area contributed by atoms with E-state index in [-0.39, 0.29) is 5.54 Å². The average Bonchev–Trinajstić information content (AvgIpc) is 2.83. The van der Waals surface area contributed by atoms with Gasteiger partial charge in [-0.15, -0.1) is 0 Å². The predicted octanol–water partition coefficient (Wildman–Crippen LogP) is 5.93. The van der Waals surface area contributed by atoms with Crippen molar-refractivity contribution in [3.05, 3.63) is 108 Å². The van der Waals surface area contributed by atoms with Gasteiger partial charge in [-0.2, -0.15) is 0 Å². The molecule has 168 valence electrons. The van der Waals surface area contributed by atoms with E-state index in [9.17, 15) is 5.11 Å². The molecule has 0 saturated carbocycles. The van der Waals surface area contributed by atoms with Crippen molar-refractivity contribution in [2.24, 2.45) is 0 Å². The SMILES string of the molecule is COCOCc1ccc(/C=C/[C@@H](C[C@H](O)c2ccccc2)[Si](C)(C)c2ccccc2)cc1. The minimum absolute atomic E-state index is 0.282. The fourth-order valence-electron chi connectivity index (χ4n) is 3.94. The Kier molecular flexibility index (Phi) is 9.00. The maximum Gasteiger partial charge on any atom is 0.146 e. The number of allylic oxidation sites excluding steroid dienone is 1. The molecule has 3 aromatic carbocycles. The van der Waals surface area contributed by atoms with Crippen LogP contribution in [0.25, 0.3) is 6.08 Å². The van der Waals surface area contributed by atoms with Gasteiger partial charge in [-0.05, 0) is 28.7 Å². The number of hydrogen-bond donors (Lipinski definition) is 1. The summed E-state index contributed by atoms with van der Waals surface area (Å²) in [5.74, 6) is 0. The summed E-state index contributed by atoms with van der Waals surface area (Å²) < 4.78 is 10.4. The third kappa shape index (κ3) is 6.75. The van der Waals surface area contributed by atoms with E-state index in [0.717, 1.165) is 16.7 Å². The summed E-state index contributed by atoms with van der Waals surface area (Å²) in [6, 6.07) is 29.1. The Morgan fingerprint density at radius 3 is 2.12 bits per heavy atom. The van der Waals surface area contributed by atoms with Crippen LogP contribution in [-0.2, 0) is 16.1 Å². The molecule has 32 heavy (non-hydrogen) atoms. The maximum atomic E-state index is 11.0. The van der Waals surface area contributed by atoms with Gasteiger partial charge in [-0.1, -0.05) is 115 Å². The van der Waals surface area contributed by atoms with Crippen LogP contribution in [0.15, 0.2) is 91.0 Å². The molecule has 4 heteroatoms. The molecule has 0 saturated heterocycles. The zero-order valence-corrected chi connectivity index (χ0v) is 20.3. The lowest BCUT2D eigenvalue weighted by Crippen LogP contribution is -2.45. The fraction of sp³-hybridized carbons (Fsp3) is 0.286. The second kappa shape index (κ2) is 11.9. The van der Waals surface area contributed by atoms with E-state index in [2.05, 4.69) is 79.8 Å². The molecule has 0 aliphatic carbocycles. The Labute approximate surface area is 193 Å². The van der Waals surface area contributed by atoms with Crippen LogP contribution in [0, 0.1) is 0 Å². The number of ether oxygens (including phenoxy) is 2. The number of rotatable bonds is 11. The quantitative estimate of drug-likeness (QED) is 0.225. The van der Waals surface area contributed by atoms with Gasteiger partial charge in [0, 0.05) is 7.11 Å². The molecule has 1 N–H and O–H groups in total. The van der Waals surface area contributed by atoms with Gasteiger partial charge < -0.3 is 14.6 Å². The molecule has 2 atom stereocenters. The lowest BCUT2D eigenvalue weighted by atomic mass is 10.0. The van der Waals surface area contributed by atoms with Crippen molar-refractivity contribution >= 4 is 19.3 Å². The average molecular weight is 447 g/mol. The largest absolute Gasteiger partial charge is 0.388 e. The summed E-state index contributed by atoms with van der Waals surface area (Å²) in [4.78, 5) is 0. The Bertz CT molecular complexity index is 953. The van der Waals surface area contributed by atoms with Crippen molar-refractivity contribution < 1.29 is 14.6 Å². The number of methoxy groups -OCH3 is 1. The molecule has 0 heterocycles. The molecular weight excluding hydrogens is 412 g/mol. The Morgan fingerprint density at radius 1 is 0.875 bits per heavy atom. The molecule has 0 fully saturated rings. The van der Waals surface area contributed by atoms with E-state index in [1.807, 2.05) is 30.3 Å². The topological polar surface area (TPSA) is 38.7 Å². The highest BCUT2D eigenvalue weighted by molar-refractivity contribution is 6.91. The molecule has 0 radical (unpaired) electrons. The van der Waals surface area contributed by atoms with Gasteiger partial charge in [0.25, 0.3) is 0 Å². The van der Waals surface area contributed by atoms with Gasteiger partial charge in [-0.3, -0.25) is 0 Å². The Morgan fingerprint density at radius 2 is 1.50 bits per heavy atom. The van der Waals surface area contributed by atoms with Gasteiger partial charge in [0.15, 0.2) is 0 Å². The molecule has 0 aromatic heterocycles. The van der Waals surface area contributed by atoms with Crippen LogP contribution in [0.3, 0.4) is 0 Å². The van der Waals surface area contributed by atoms with Crippen LogP contribution in [0.2, 0.25) is 18.6 Å². The second-order valence-corrected chi connectivity index (χ2v) is 13.5. The number of aliphatic hydroxyl groups is 1. The van der Waals surface area contributed by atoms with Gasteiger partial charge in [-0.25, -0.2) is 0 Å². The summed E-state index contributed by atoms with van der Waals surface area (Å²) in [6.07, 6.45) is 4.72. The number of aliphatic hydroxyl groups excluding tert-OH is 1. The summed E-state index contributed by atoms with van der Waals surface area (Å²) >= 11 is 0. The van der Waals surface area contributed by atoms with Gasteiger partial charge in [0.2, 0.25) is 0 Å². The zero-order valence-electron chi connectivity index (χ0n) is 19.3. The van der Waals surface area contributed by atoms with Crippen molar-refractivity contribution in [1.82, 2.24) is 0 Å². The molecule has 0 bridgehead atoms. The lowest BCUT2D eigenvalue weighted by Gasteiger charge is -2.32. The molecule has 0 amide bonds. The molecule has 0 unspecified atom stereocenters. The molecule has 0 aliphatic heterocycles. The van der Waals surface area contributed by atoms with E-state index in [1.54, 1.807) is 7.11 Å². The molecular formula is C28H34O3Si. The molecule has 0 spiro atoms. The van der Waals surface area contributed by atoms with Crippen molar-refractivity contribution in [2.45, 2.75) is 37.8 Å². The van der Waals surface area contributed by atoms with Gasteiger partial charge >= 0.3 is 0 Å². The summed E-state index contributed by atoms with van der Waals surface area (Å²) in [5.41, 5.74) is 3.53. The maximum absolute atomic E-state index is 11.0. The standard InChI is InChI=1S/C28H34O3Si/c1-30-22-31-21-24-16-14-23(15-17-24)18-19-27(20-28(29)25-10-6-4-7-11-25)32(2,3)26-12-8-5-9-13-26/h4-19,27-29H,20-22H2,1-3H3/b19-18+/t27-,28-/m0/s1. The van der Waals surface area contributed by atoms with Crippen LogP contribution < -0.4 is 5.19 Å². The molecule has 3 aromatic rings. The first-order valence-electron chi connectivity index (χ1n) is 11.1. The zero-order chi connectivity index (χ0) is 22.8. The molecule has 0 aliphatic rings. The van der Waals surface area contributed by atoms with Crippen LogP contribution in [0.4, 0.5) is 0 Å². The summed E-state index contributed by atoms with van der Waals surface area (Å²) in [7, 11) is -0.248. The van der Waals surface area contributed by atoms with Crippen molar-refractivity contribution in [3.8, 4) is 0 Å². The van der Waals surface area contributed by atoms with Crippen LogP contribution in [-0.4, -0.2) is 27.1 Å². The third-order valence-corrected chi connectivity index (χ3v) is 10.2.